The second-order valence-corrected chi connectivity index (χ2v) is 5.52. The summed E-state index contributed by atoms with van der Waals surface area (Å²) >= 11 is 0. The molecule has 138 valence electrons. The molecule has 0 aliphatic carbocycles. The minimum Gasteiger partial charge on any atom is -0.482 e. The number of hydrogen-bond acceptors (Lipinski definition) is 7. The molecule has 0 spiro atoms. The highest BCUT2D eigenvalue weighted by molar-refractivity contribution is 5.76. The maximum atomic E-state index is 12.3. The average molecular weight is 369 g/mol. The number of nitro benzene ring substituents is 1. The molecule has 27 heavy (non-hydrogen) atoms. The molecule has 9 heteroatoms. The van der Waals surface area contributed by atoms with Crippen molar-refractivity contribution in [3.63, 3.8) is 0 Å². The Balaban J connectivity index is 1.49. The maximum absolute atomic E-state index is 12.3. The van der Waals surface area contributed by atoms with Crippen LogP contribution in [0.25, 0.3) is 10.9 Å². The van der Waals surface area contributed by atoms with E-state index in [-0.39, 0.29) is 31.0 Å². The maximum Gasteiger partial charge on any atom is 0.344 e. The lowest BCUT2D eigenvalue weighted by molar-refractivity contribution is -0.384. The Morgan fingerprint density at radius 2 is 1.89 bits per heavy atom. The molecule has 1 heterocycles. The highest BCUT2D eigenvalue weighted by Crippen LogP contribution is 2.17. The predicted molar refractivity (Wildman–Crippen MR) is 95.6 cm³/mol. The molecule has 9 nitrogen and oxygen atoms in total. The van der Waals surface area contributed by atoms with Crippen molar-refractivity contribution in [1.29, 1.82) is 0 Å². The van der Waals surface area contributed by atoms with Crippen LogP contribution in [0.15, 0.2) is 59.7 Å². The highest BCUT2D eigenvalue weighted by Gasteiger charge is 2.08. The predicted octanol–water partition coefficient (Wildman–Crippen LogP) is 1.93. The lowest BCUT2D eigenvalue weighted by Gasteiger charge is -2.09. The number of para-hydroxylation sites is 1. The molecule has 0 aliphatic rings. The van der Waals surface area contributed by atoms with E-state index in [2.05, 4.69) is 4.98 Å². The quantitative estimate of drug-likeness (QED) is 0.355. The first-order valence-electron chi connectivity index (χ1n) is 8.01. The number of fused-ring (bicyclic) bond motifs is 1. The van der Waals surface area contributed by atoms with Gasteiger partial charge in [-0.05, 0) is 24.3 Å². The van der Waals surface area contributed by atoms with Crippen molar-refractivity contribution in [1.82, 2.24) is 9.55 Å². The number of rotatable bonds is 7. The van der Waals surface area contributed by atoms with Crippen LogP contribution in [0, 0.1) is 10.1 Å². The van der Waals surface area contributed by atoms with Gasteiger partial charge in [0.25, 0.3) is 11.2 Å². The van der Waals surface area contributed by atoms with Gasteiger partial charge in [-0.1, -0.05) is 12.1 Å². The number of ether oxygens (including phenoxy) is 2. The van der Waals surface area contributed by atoms with E-state index in [0.29, 0.717) is 16.7 Å². The van der Waals surface area contributed by atoms with E-state index < -0.39 is 10.9 Å². The van der Waals surface area contributed by atoms with Crippen LogP contribution in [0.3, 0.4) is 0 Å². The first kappa shape index (κ1) is 18.1. The van der Waals surface area contributed by atoms with Crippen LogP contribution in [-0.4, -0.2) is 33.7 Å². The molecule has 0 bridgehead atoms. The molecule has 0 unspecified atom stereocenters. The number of nitro groups is 1. The Bertz CT molecular complexity index is 1030. The van der Waals surface area contributed by atoms with E-state index in [1.807, 2.05) is 0 Å². The SMILES string of the molecule is O=C(COc1ccc([N+](=O)[O-])cc1)OCCn1cnc2ccccc2c1=O. The zero-order valence-electron chi connectivity index (χ0n) is 14.1. The summed E-state index contributed by atoms with van der Waals surface area (Å²) < 4.78 is 11.6. The number of benzene rings is 2. The van der Waals surface area contributed by atoms with Gasteiger partial charge in [0.15, 0.2) is 6.61 Å². The summed E-state index contributed by atoms with van der Waals surface area (Å²) in [5.74, 6) is -0.303. The van der Waals surface area contributed by atoms with Crippen LogP contribution >= 0.6 is 0 Å². The summed E-state index contributed by atoms with van der Waals surface area (Å²) in [4.78, 5) is 38.3. The summed E-state index contributed by atoms with van der Waals surface area (Å²) in [5.41, 5.74) is 0.324. The van der Waals surface area contributed by atoms with E-state index in [0.717, 1.165) is 0 Å². The molecule has 0 amide bonds. The van der Waals surface area contributed by atoms with E-state index in [4.69, 9.17) is 9.47 Å². The average Bonchev–Trinajstić information content (AvgIpc) is 2.68. The summed E-state index contributed by atoms with van der Waals surface area (Å²) in [7, 11) is 0. The smallest absolute Gasteiger partial charge is 0.344 e. The summed E-state index contributed by atoms with van der Waals surface area (Å²) in [5, 5.41) is 11.1. The zero-order valence-corrected chi connectivity index (χ0v) is 14.1. The number of aromatic nitrogens is 2. The van der Waals surface area contributed by atoms with Crippen LogP contribution < -0.4 is 10.3 Å². The fourth-order valence-electron chi connectivity index (χ4n) is 2.37. The van der Waals surface area contributed by atoms with Crippen molar-refractivity contribution < 1.29 is 19.2 Å². The molecule has 0 atom stereocenters. The standard InChI is InChI=1S/C18H15N3O6/c22-17(11-27-14-7-5-13(6-8-14)21(24)25)26-10-9-20-12-19-16-4-2-1-3-15(16)18(20)23/h1-8,12H,9-11H2. The molecule has 1 aromatic heterocycles. The van der Waals surface area contributed by atoms with Crippen molar-refractivity contribution in [2.24, 2.45) is 0 Å². The van der Waals surface area contributed by atoms with Crippen LogP contribution in [-0.2, 0) is 16.1 Å². The van der Waals surface area contributed by atoms with Crippen molar-refractivity contribution in [2.45, 2.75) is 6.54 Å². The van der Waals surface area contributed by atoms with Gasteiger partial charge in [0, 0.05) is 12.1 Å². The van der Waals surface area contributed by atoms with Gasteiger partial charge >= 0.3 is 5.97 Å². The highest BCUT2D eigenvalue weighted by atomic mass is 16.6. The topological polar surface area (TPSA) is 114 Å². The third-order valence-corrected chi connectivity index (χ3v) is 3.73. The van der Waals surface area contributed by atoms with Crippen molar-refractivity contribution in [2.75, 3.05) is 13.2 Å². The van der Waals surface area contributed by atoms with Gasteiger partial charge in [-0.3, -0.25) is 19.5 Å². The molecule has 0 fully saturated rings. The third-order valence-electron chi connectivity index (χ3n) is 3.73. The zero-order chi connectivity index (χ0) is 19.2. The minimum atomic E-state index is -0.616. The number of esters is 1. The van der Waals surface area contributed by atoms with Gasteiger partial charge in [-0.15, -0.1) is 0 Å². The number of nitrogens with zero attached hydrogens (tertiary/aromatic N) is 3. The normalized spacial score (nSPS) is 10.5. The number of non-ortho nitro benzene ring substituents is 1. The molecule has 3 rings (SSSR count). The molecule has 0 N–H and O–H groups in total. The van der Waals surface area contributed by atoms with Crippen molar-refractivity contribution in [3.05, 3.63) is 75.3 Å². The van der Waals surface area contributed by atoms with Gasteiger partial charge in [0.1, 0.15) is 12.4 Å². The fraction of sp³-hybridized carbons (Fsp3) is 0.167. The van der Waals surface area contributed by atoms with Gasteiger partial charge in [-0.2, -0.15) is 0 Å². The molecular formula is C18H15N3O6. The van der Waals surface area contributed by atoms with Gasteiger partial charge in [0.2, 0.25) is 0 Å². The molecule has 0 aliphatic heterocycles. The third kappa shape index (κ3) is 4.46. The van der Waals surface area contributed by atoms with E-state index >= 15 is 0 Å². The van der Waals surface area contributed by atoms with Crippen LogP contribution in [0.2, 0.25) is 0 Å². The summed E-state index contributed by atoms with van der Waals surface area (Å²) in [6.45, 7) is -0.189. The summed E-state index contributed by atoms with van der Waals surface area (Å²) in [6.07, 6.45) is 1.41. The lowest BCUT2D eigenvalue weighted by atomic mass is 10.2. The van der Waals surface area contributed by atoms with E-state index in [1.54, 1.807) is 24.3 Å². The molecule has 2 aromatic carbocycles. The van der Waals surface area contributed by atoms with Gasteiger partial charge in [0.05, 0.1) is 28.7 Å². The number of carbonyl (C=O) groups excluding carboxylic acids is 1. The first-order chi connectivity index (χ1) is 13.0. The first-order valence-corrected chi connectivity index (χ1v) is 8.01. The molecule has 0 saturated heterocycles. The van der Waals surface area contributed by atoms with Crippen LogP contribution in [0.4, 0.5) is 5.69 Å². The monoisotopic (exact) mass is 369 g/mol. The fourth-order valence-corrected chi connectivity index (χ4v) is 2.37. The van der Waals surface area contributed by atoms with Gasteiger partial charge < -0.3 is 9.47 Å². The Hall–Kier alpha value is -3.75. The number of carbonyl (C=O) groups is 1. The molecular weight excluding hydrogens is 354 g/mol. The van der Waals surface area contributed by atoms with Crippen molar-refractivity contribution >= 4 is 22.6 Å². The van der Waals surface area contributed by atoms with Gasteiger partial charge in [-0.25, -0.2) is 9.78 Å². The van der Waals surface area contributed by atoms with Crippen LogP contribution in [0.5, 0.6) is 5.75 Å². The molecule has 3 aromatic rings. The Kier molecular flexibility index (Phi) is 5.41. The van der Waals surface area contributed by atoms with E-state index in [9.17, 15) is 19.7 Å². The second kappa shape index (κ2) is 8.09. The largest absolute Gasteiger partial charge is 0.482 e. The van der Waals surface area contributed by atoms with E-state index in [1.165, 1.54) is 35.2 Å². The molecule has 0 saturated carbocycles. The Morgan fingerprint density at radius 1 is 1.15 bits per heavy atom. The Morgan fingerprint density at radius 3 is 2.63 bits per heavy atom. The van der Waals surface area contributed by atoms with Crippen molar-refractivity contribution in [3.8, 4) is 5.75 Å². The van der Waals surface area contributed by atoms with Crippen LogP contribution in [0.1, 0.15) is 0 Å². The number of hydrogen-bond donors (Lipinski definition) is 0. The lowest BCUT2D eigenvalue weighted by Crippen LogP contribution is -2.24. The second-order valence-electron chi connectivity index (χ2n) is 5.52. The molecule has 0 radical (unpaired) electrons. The summed E-state index contributed by atoms with van der Waals surface area (Å²) in [6, 6.07) is 12.3. The minimum absolute atomic E-state index is 0.0115. The Labute approximate surface area is 152 Å².